The minimum Gasteiger partial charge on any atom is -0.507 e. The van der Waals surface area contributed by atoms with Crippen molar-refractivity contribution in [2.45, 2.75) is 86.7 Å². The Kier molecular flexibility index (Phi) is 10.1. The van der Waals surface area contributed by atoms with Crippen molar-refractivity contribution in [3.05, 3.63) is 56.5 Å². The van der Waals surface area contributed by atoms with Crippen LogP contribution in [0.15, 0.2) is 38.6 Å². The Hall–Kier alpha value is -3.35. The number of phenolic OH excluding ortho intramolecular Hbond substituents is 2. The first-order valence-corrected chi connectivity index (χ1v) is 12.5. The van der Waals surface area contributed by atoms with Crippen LogP contribution in [0, 0.1) is 5.92 Å². The van der Waals surface area contributed by atoms with E-state index >= 15 is 0 Å². The molecule has 0 aliphatic carbocycles. The molecule has 7 heteroatoms. The summed E-state index contributed by atoms with van der Waals surface area (Å²) in [4.78, 5) is 37.6. The Bertz CT molecular complexity index is 1240. The van der Waals surface area contributed by atoms with Gasteiger partial charge in [-0.3, -0.25) is 9.59 Å². The van der Waals surface area contributed by atoms with Gasteiger partial charge in [-0.25, -0.2) is 4.79 Å². The van der Waals surface area contributed by atoms with E-state index in [1.54, 1.807) is 13.8 Å². The van der Waals surface area contributed by atoms with E-state index < -0.39 is 35.1 Å². The highest BCUT2D eigenvalue weighted by atomic mass is 16.5. The van der Waals surface area contributed by atoms with E-state index in [1.165, 1.54) is 12.5 Å². The summed E-state index contributed by atoms with van der Waals surface area (Å²) in [6, 6.07) is 1.16. The van der Waals surface area contributed by atoms with Crippen molar-refractivity contribution in [2.24, 2.45) is 5.92 Å². The average Bonchev–Trinajstić information content (AvgIpc) is 2.80. The van der Waals surface area contributed by atoms with Crippen LogP contribution in [0.25, 0.3) is 11.0 Å². The van der Waals surface area contributed by atoms with Gasteiger partial charge in [-0.1, -0.05) is 44.1 Å². The maximum absolute atomic E-state index is 13.3. The molecule has 0 fully saturated rings. The number of fused-ring (bicyclic) bond motifs is 1. The number of ether oxygens (including phenoxy) is 1. The van der Waals surface area contributed by atoms with E-state index in [2.05, 4.69) is 6.08 Å². The van der Waals surface area contributed by atoms with Crippen molar-refractivity contribution < 1.29 is 29.0 Å². The highest BCUT2D eigenvalue weighted by Gasteiger charge is 2.31. The van der Waals surface area contributed by atoms with Crippen LogP contribution in [0.3, 0.4) is 0 Å². The number of aromatic hydroxyl groups is 2. The van der Waals surface area contributed by atoms with Crippen LogP contribution in [0.2, 0.25) is 0 Å². The van der Waals surface area contributed by atoms with Gasteiger partial charge in [-0.2, -0.15) is 0 Å². The molecule has 0 amide bonds. The zero-order valence-corrected chi connectivity index (χ0v) is 22.4. The maximum Gasteiger partial charge on any atom is 0.336 e. The molecule has 36 heavy (non-hydrogen) atoms. The first-order valence-electron chi connectivity index (χ1n) is 12.5. The van der Waals surface area contributed by atoms with Crippen LogP contribution in [0.1, 0.15) is 102 Å². The van der Waals surface area contributed by atoms with E-state index in [1.807, 2.05) is 33.8 Å². The van der Waals surface area contributed by atoms with Gasteiger partial charge in [0.25, 0.3) is 0 Å². The topological polar surface area (TPSA) is 114 Å². The molecule has 196 valence electrons. The molecule has 0 aliphatic rings. The number of benzene rings is 1. The fourth-order valence-corrected chi connectivity index (χ4v) is 4.09. The second-order valence-electron chi connectivity index (χ2n) is 9.53. The Labute approximate surface area is 212 Å². The summed E-state index contributed by atoms with van der Waals surface area (Å²) < 4.78 is 10.8. The molecule has 1 aromatic heterocycles. The fourth-order valence-electron chi connectivity index (χ4n) is 4.09. The Morgan fingerprint density at radius 2 is 1.72 bits per heavy atom. The first kappa shape index (κ1) is 28.9. The number of allylic oxidation sites excluding steroid dienone is 4. The summed E-state index contributed by atoms with van der Waals surface area (Å²) in [6.45, 7) is 12.6. The SMILES string of the molecule is CC[C@@H](C)C(=O)c1c(O)c(CC=C(C)CCC=C(C)C)c(O)c2c([C@H](CC)OC(C)=O)cc(=O)oc12. The summed E-state index contributed by atoms with van der Waals surface area (Å²) in [7, 11) is 0. The smallest absolute Gasteiger partial charge is 0.336 e. The lowest BCUT2D eigenvalue weighted by atomic mass is 9.89. The van der Waals surface area contributed by atoms with Crippen LogP contribution in [0.5, 0.6) is 11.5 Å². The first-order chi connectivity index (χ1) is 16.9. The number of phenols is 2. The van der Waals surface area contributed by atoms with Crippen LogP contribution in [-0.4, -0.2) is 22.0 Å². The molecule has 2 N–H and O–H groups in total. The number of Topliss-reactive ketones (excluding diaryl/α,β-unsaturated/α-hetero) is 1. The van der Waals surface area contributed by atoms with Gasteiger partial charge in [-0.15, -0.1) is 0 Å². The number of hydrogen-bond donors (Lipinski definition) is 2. The second kappa shape index (κ2) is 12.6. The highest BCUT2D eigenvalue weighted by Crippen LogP contribution is 2.44. The quantitative estimate of drug-likeness (QED) is 0.154. The van der Waals surface area contributed by atoms with E-state index in [0.29, 0.717) is 12.8 Å². The predicted molar refractivity (Wildman–Crippen MR) is 141 cm³/mol. The minimum atomic E-state index is -0.842. The molecule has 0 radical (unpaired) electrons. The molecule has 0 unspecified atom stereocenters. The summed E-state index contributed by atoms with van der Waals surface area (Å²) in [5.74, 6) is -2.11. The van der Waals surface area contributed by atoms with Crippen molar-refractivity contribution in [3.63, 3.8) is 0 Å². The second-order valence-corrected chi connectivity index (χ2v) is 9.53. The van der Waals surface area contributed by atoms with Crippen molar-refractivity contribution in [1.29, 1.82) is 0 Å². The molecule has 2 rings (SSSR count). The molecule has 0 spiro atoms. The average molecular weight is 499 g/mol. The monoisotopic (exact) mass is 498 g/mol. The van der Waals surface area contributed by atoms with Crippen LogP contribution in [0.4, 0.5) is 0 Å². The number of esters is 1. The van der Waals surface area contributed by atoms with Crippen molar-refractivity contribution >= 4 is 22.7 Å². The summed E-state index contributed by atoms with van der Waals surface area (Å²) >= 11 is 0. The van der Waals surface area contributed by atoms with E-state index in [9.17, 15) is 24.6 Å². The largest absolute Gasteiger partial charge is 0.507 e. The standard InChI is InChI=1S/C29H38O7/c1-8-18(6)26(32)25-28(34)20(14-13-17(5)12-10-11-16(3)4)27(33)24-21(15-23(31)36-29(24)25)22(9-2)35-19(7)30/h11,13,15,18,22,33-34H,8-10,12,14H2,1-7H3/t18-,22+/m1/s1. The Morgan fingerprint density at radius 3 is 2.28 bits per heavy atom. The van der Waals surface area contributed by atoms with Crippen LogP contribution in [-0.2, 0) is 16.0 Å². The van der Waals surface area contributed by atoms with Crippen LogP contribution < -0.4 is 5.63 Å². The van der Waals surface area contributed by atoms with Crippen molar-refractivity contribution in [3.8, 4) is 11.5 Å². The number of ketones is 1. The molecule has 1 heterocycles. The predicted octanol–water partition coefficient (Wildman–Crippen LogP) is 6.68. The minimum absolute atomic E-state index is 0.0951. The number of hydrogen-bond acceptors (Lipinski definition) is 7. The molecule has 0 saturated carbocycles. The lowest BCUT2D eigenvalue weighted by Crippen LogP contribution is -2.16. The normalized spacial score (nSPS) is 13.4. The van der Waals surface area contributed by atoms with Gasteiger partial charge < -0.3 is 19.4 Å². The molecule has 0 bridgehead atoms. The van der Waals surface area contributed by atoms with E-state index in [-0.39, 0.29) is 39.8 Å². The zero-order valence-electron chi connectivity index (χ0n) is 22.4. The van der Waals surface area contributed by atoms with Gasteiger partial charge in [0.15, 0.2) is 11.4 Å². The van der Waals surface area contributed by atoms with Crippen molar-refractivity contribution in [1.82, 2.24) is 0 Å². The maximum atomic E-state index is 13.3. The third kappa shape index (κ3) is 6.65. The Balaban J connectivity index is 2.84. The van der Waals surface area contributed by atoms with Gasteiger partial charge in [0.1, 0.15) is 23.2 Å². The third-order valence-electron chi connectivity index (χ3n) is 6.34. The molecular weight excluding hydrogens is 460 g/mol. The van der Waals surface area contributed by atoms with Gasteiger partial charge in [-0.05, 0) is 52.9 Å². The zero-order chi connectivity index (χ0) is 27.2. The summed E-state index contributed by atoms with van der Waals surface area (Å²) in [5, 5.41) is 22.6. The van der Waals surface area contributed by atoms with Gasteiger partial charge in [0.2, 0.25) is 0 Å². The molecular formula is C29H38O7. The lowest BCUT2D eigenvalue weighted by Gasteiger charge is -2.21. The van der Waals surface area contributed by atoms with Gasteiger partial charge in [0.05, 0.1) is 5.39 Å². The number of rotatable bonds is 11. The molecule has 2 atom stereocenters. The molecule has 1 aromatic carbocycles. The highest BCUT2D eigenvalue weighted by molar-refractivity contribution is 6.12. The third-order valence-corrected chi connectivity index (χ3v) is 6.34. The fraction of sp³-hybridized carbons (Fsp3) is 0.483. The van der Waals surface area contributed by atoms with Gasteiger partial charge >= 0.3 is 11.6 Å². The van der Waals surface area contributed by atoms with Crippen LogP contribution >= 0.6 is 0 Å². The lowest BCUT2D eigenvalue weighted by molar-refractivity contribution is -0.146. The summed E-state index contributed by atoms with van der Waals surface area (Å²) in [5.41, 5.74) is 1.57. The number of carbonyl (C=O) groups is 2. The Morgan fingerprint density at radius 1 is 1.06 bits per heavy atom. The van der Waals surface area contributed by atoms with E-state index in [0.717, 1.165) is 24.5 Å². The molecule has 2 aromatic rings. The molecule has 0 saturated heterocycles. The molecule has 7 nitrogen and oxygen atoms in total. The molecule has 0 aliphatic heterocycles. The van der Waals surface area contributed by atoms with Gasteiger partial charge in [0, 0.05) is 30.0 Å². The number of carbonyl (C=O) groups excluding carboxylic acids is 2. The van der Waals surface area contributed by atoms with E-state index in [4.69, 9.17) is 9.15 Å². The summed E-state index contributed by atoms with van der Waals surface area (Å²) in [6.07, 6.45) is 5.87. The van der Waals surface area contributed by atoms with Crippen molar-refractivity contribution in [2.75, 3.05) is 0 Å².